The Balaban J connectivity index is 0. The molecule has 0 saturated heterocycles. The van der Waals surface area contributed by atoms with Crippen LogP contribution in [0.1, 0.15) is 0 Å². The lowest BCUT2D eigenvalue weighted by Gasteiger charge is -1.73. The van der Waals surface area contributed by atoms with Gasteiger partial charge in [0.1, 0.15) is 0 Å². The van der Waals surface area contributed by atoms with Crippen molar-refractivity contribution in [1.29, 1.82) is 0 Å². The second-order valence-electron chi connectivity index (χ2n) is 0.762. The zero-order valence-corrected chi connectivity index (χ0v) is 3.85. The second kappa shape index (κ2) is 9.00. The van der Waals surface area contributed by atoms with Gasteiger partial charge in [-0.3, -0.25) is 0 Å². The van der Waals surface area contributed by atoms with E-state index in [0.717, 1.165) is 0 Å². The lowest BCUT2D eigenvalue weighted by molar-refractivity contribution is 0.563. The summed E-state index contributed by atoms with van der Waals surface area (Å²) in [6.45, 7) is 0.818. The average molecular weight is 104 g/mol. The van der Waals surface area contributed by atoms with Crippen LogP contribution in [0.3, 0.4) is 0 Å². The predicted molar refractivity (Wildman–Crippen MR) is 25.7 cm³/mol. The summed E-state index contributed by atoms with van der Waals surface area (Å²) in [5, 5.41) is 0. The fourth-order valence-corrected chi connectivity index (χ4v) is 0.110. The standard InChI is InChI=1S/C3H6N2O.H2O/c4-1-2-5-3-6;/h1-2,4H2;1H2. The zero-order valence-electron chi connectivity index (χ0n) is 3.85. The molecule has 0 aliphatic carbocycles. The number of hydrogen-bond donors (Lipinski definition) is 1. The molecule has 0 aliphatic rings. The molecule has 0 rings (SSSR count). The summed E-state index contributed by atoms with van der Waals surface area (Å²) in [6, 6.07) is 0. The Kier molecular flexibility index (Phi) is 12.3. The highest BCUT2D eigenvalue weighted by molar-refractivity contribution is 5.32. The summed E-state index contributed by atoms with van der Waals surface area (Å²) >= 11 is 0. The van der Waals surface area contributed by atoms with Crippen LogP contribution < -0.4 is 5.73 Å². The first-order valence-electron chi connectivity index (χ1n) is 1.65. The first kappa shape index (κ1) is 9.57. The van der Waals surface area contributed by atoms with E-state index in [9.17, 15) is 4.79 Å². The monoisotopic (exact) mass is 104 g/mol. The van der Waals surface area contributed by atoms with Crippen LogP contribution in [-0.4, -0.2) is 24.6 Å². The van der Waals surface area contributed by atoms with Crippen molar-refractivity contribution in [1.82, 2.24) is 0 Å². The Morgan fingerprint density at radius 1 is 1.71 bits per heavy atom. The molecule has 0 bridgehead atoms. The van der Waals surface area contributed by atoms with Crippen molar-refractivity contribution in [2.75, 3.05) is 13.1 Å². The molecule has 0 spiro atoms. The molecule has 0 aromatic heterocycles. The minimum absolute atomic E-state index is 0. The molecule has 0 atom stereocenters. The summed E-state index contributed by atoms with van der Waals surface area (Å²) in [5.74, 6) is 0. The van der Waals surface area contributed by atoms with Gasteiger partial charge in [-0.05, 0) is 0 Å². The van der Waals surface area contributed by atoms with Gasteiger partial charge < -0.3 is 11.2 Å². The van der Waals surface area contributed by atoms with E-state index >= 15 is 0 Å². The van der Waals surface area contributed by atoms with Crippen molar-refractivity contribution in [3.8, 4) is 0 Å². The summed E-state index contributed by atoms with van der Waals surface area (Å²) in [7, 11) is 0. The molecule has 4 heteroatoms. The van der Waals surface area contributed by atoms with Crippen molar-refractivity contribution >= 4 is 6.08 Å². The zero-order chi connectivity index (χ0) is 4.83. The van der Waals surface area contributed by atoms with Crippen LogP contribution in [0.15, 0.2) is 4.99 Å². The van der Waals surface area contributed by atoms with Gasteiger partial charge in [-0.2, -0.15) is 0 Å². The van der Waals surface area contributed by atoms with E-state index in [1.807, 2.05) is 0 Å². The highest BCUT2D eigenvalue weighted by Gasteiger charge is 1.65. The van der Waals surface area contributed by atoms with Gasteiger partial charge in [0.15, 0.2) is 0 Å². The smallest absolute Gasteiger partial charge is 0.234 e. The van der Waals surface area contributed by atoms with E-state index in [0.29, 0.717) is 13.1 Å². The lowest BCUT2D eigenvalue weighted by atomic mass is 10.7. The van der Waals surface area contributed by atoms with Crippen LogP contribution in [0.25, 0.3) is 0 Å². The molecule has 0 heterocycles. The van der Waals surface area contributed by atoms with Gasteiger partial charge in [-0.25, -0.2) is 9.79 Å². The Labute approximate surface area is 41.3 Å². The highest BCUT2D eigenvalue weighted by atomic mass is 16.1. The molecule has 4 nitrogen and oxygen atoms in total. The van der Waals surface area contributed by atoms with Gasteiger partial charge in [-0.1, -0.05) is 0 Å². The molecular formula is C3H8N2O2. The van der Waals surface area contributed by atoms with E-state index in [4.69, 9.17) is 5.73 Å². The van der Waals surface area contributed by atoms with Crippen LogP contribution in [0.2, 0.25) is 0 Å². The number of rotatable bonds is 2. The molecule has 0 saturated carbocycles. The maximum atomic E-state index is 9.22. The molecule has 0 aliphatic heterocycles. The van der Waals surface area contributed by atoms with E-state index in [1.165, 1.54) is 6.08 Å². The number of hydrogen-bond acceptors (Lipinski definition) is 3. The molecule has 0 radical (unpaired) electrons. The number of carbonyl (C=O) groups excluding carboxylic acids is 1. The van der Waals surface area contributed by atoms with Crippen molar-refractivity contribution in [3.63, 3.8) is 0 Å². The van der Waals surface area contributed by atoms with Gasteiger partial charge >= 0.3 is 0 Å². The van der Waals surface area contributed by atoms with Crippen LogP contribution in [0, 0.1) is 0 Å². The lowest BCUT2D eigenvalue weighted by Crippen LogP contribution is -2.01. The Hall–Kier alpha value is -0.700. The maximum Gasteiger partial charge on any atom is 0.234 e. The molecule has 7 heavy (non-hydrogen) atoms. The predicted octanol–water partition coefficient (Wildman–Crippen LogP) is -1.54. The van der Waals surface area contributed by atoms with Gasteiger partial charge in [0.25, 0.3) is 0 Å². The summed E-state index contributed by atoms with van der Waals surface area (Å²) in [6.07, 6.45) is 1.36. The largest absolute Gasteiger partial charge is 0.412 e. The van der Waals surface area contributed by atoms with Crippen molar-refractivity contribution < 1.29 is 10.3 Å². The van der Waals surface area contributed by atoms with Crippen molar-refractivity contribution in [3.05, 3.63) is 0 Å². The Morgan fingerprint density at radius 3 is 2.43 bits per heavy atom. The average Bonchev–Trinajstić information content (AvgIpc) is 1.61. The molecule has 0 fully saturated rings. The Bertz CT molecular complexity index is 67.3. The van der Waals surface area contributed by atoms with Crippen LogP contribution in [0.5, 0.6) is 0 Å². The molecule has 4 N–H and O–H groups in total. The molecular weight excluding hydrogens is 96.0 g/mol. The van der Waals surface area contributed by atoms with Gasteiger partial charge in [0.05, 0.1) is 6.54 Å². The second-order valence-corrected chi connectivity index (χ2v) is 0.762. The topological polar surface area (TPSA) is 86.9 Å². The SMILES string of the molecule is NCCN=C=O.O. The van der Waals surface area contributed by atoms with Crippen LogP contribution >= 0.6 is 0 Å². The number of aliphatic imine (C=N–C) groups is 1. The molecule has 0 unspecified atom stereocenters. The van der Waals surface area contributed by atoms with Gasteiger partial charge in [-0.15, -0.1) is 0 Å². The van der Waals surface area contributed by atoms with Crippen LogP contribution in [-0.2, 0) is 4.79 Å². The van der Waals surface area contributed by atoms with Gasteiger partial charge in [0.2, 0.25) is 6.08 Å². The molecule has 0 aromatic rings. The van der Waals surface area contributed by atoms with E-state index < -0.39 is 0 Å². The highest BCUT2D eigenvalue weighted by Crippen LogP contribution is 1.53. The quantitative estimate of drug-likeness (QED) is 0.340. The first-order chi connectivity index (χ1) is 2.91. The van der Waals surface area contributed by atoms with Crippen molar-refractivity contribution in [2.45, 2.75) is 0 Å². The van der Waals surface area contributed by atoms with Gasteiger partial charge in [0, 0.05) is 6.54 Å². The Morgan fingerprint density at radius 2 is 2.29 bits per heavy atom. The van der Waals surface area contributed by atoms with Crippen molar-refractivity contribution in [2.24, 2.45) is 10.7 Å². The summed E-state index contributed by atoms with van der Waals surface area (Å²) in [5.41, 5.74) is 4.94. The van der Waals surface area contributed by atoms with E-state index in [1.54, 1.807) is 0 Å². The summed E-state index contributed by atoms with van der Waals surface area (Å²) < 4.78 is 0. The third kappa shape index (κ3) is 10.9. The fraction of sp³-hybridized carbons (Fsp3) is 0.667. The number of nitrogens with zero attached hydrogens (tertiary/aromatic N) is 1. The minimum atomic E-state index is 0. The summed E-state index contributed by atoms with van der Waals surface area (Å²) in [4.78, 5) is 12.4. The van der Waals surface area contributed by atoms with E-state index in [2.05, 4.69) is 4.99 Å². The number of nitrogens with two attached hydrogens (primary N) is 1. The van der Waals surface area contributed by atoms with E-state index in [-0.39, 0.29) is 5.48 Å². The number of isocyanates is 1. The third-order valence-corrected chi connectivity index (χ3v) is 0.305. The normalized spacial score (nSPS) is 5.86. The minimum Gasteiger partial charge on any atom is -0.412 e. The maximum absolute atomic E-state index is 9.22. The first-order valence-corrected chi connectivity index (χ1v) is 1.65. The van der Waals surface area contributed by atoms with Crippen LogP contribution in [0.4, 0.5) is 0 Å². The molecule has 0 aromatic carbocycles. The molecule has 0 amide bonds. The third-order valence-electron chi connectivity index (χ3n) is 0.305. The molecule has 42 valence electrons. The fourth-order valence-electron chi connectivity index (χ4n) is 0.110.